The van der Waals surface area contributed by atoms with Gasteiger partial charge in [0.1, 0.15) is 0 Å². The van der Waals surface area contributed by atoms with Gasteiger partial charge in [0.2, 0.25) is 0 Å². The molecule has 2 rings (SSSR count). The summed E-state index contributed by atoms with van der Waals surface area (Å²) >= 11 is 0. The van der Waals surface area contributed by atoms with Crippen molar-refractivity contribution in [2.24, 2.45) is 5.92 Å². The third kappa shape index (κ3) is 1.64. The summed E-state index contributed by atoms with van der Waals surface area (Å²) in [6.45, 7) is 1.16. The van der Waals surface area contributed by atoms with E-state index in [1.165, 1.54) is 32.1 Å². The number of aliphatic hydroxyl groups is 1. The van der Waals surface area contributed by atoms with E-state index in [2.05, 4.69) is 5.32 Å². The summed E-state index contributed by atoms with van der Waals surface area (Å²) in [6.07, 6.45) is 7.42. The monoisotopic (exact) mass is 169 g/mol. The van der Waals surface area contributed by atoms with Gasteiger partial charge in [-0.3, -0.25) is 0 Å². The van der Waals surface area contributed by atoms with E-state index in [9.17, 15) is 5.11 Å². The fourth-order valence-electron chi connectivity index (χ4n) is 2.68. The third-order valence-electron chi connectivity index (χ3n) is 3.40. The number of rotatable bonds is 1. The van der Waals surface area contributed by atoms with Gasteiger partial charge in [0.25, 0.3) is 0 Å². The Hall–Kier alpha value is -0.0800. The number of hydrogen-bond acceptors (Lipinski definition) is 2. The van der Waals surface area contributed by atoms with Crippen LogP contribution in [0.4, 0.5) is 0 Å². The van der Waals surface area contributed by atoms with Crippen LogP contribution >= 0.6 is 0 Å². The van der Waals surface area contributed by atoms with E-state index in [1.807, 2.05) is 0 Å². The first kappa shape index (κ1) is 8.52. The second-order valence-corrected chi connectivity index (χ2v) is 4.22. The van der Waals surface area contributed by atoms with E-state index in [4.69, 9.17) is 0 Å². The van der Waals surface area contributed by atoms with Crippen LogP contribution in [-0.4, -0.2) is 23.8 Å². The standard InChI is InChI=1S/C10H19NO/c12-10-6-3-4-8(10)9-5-1-2-7-11-9/h8-12H,1-7H2/t8-,9-,10+/m0/s1. The molecule has 12 heavy (non-hydrogen) atoms. The number of hydrogen-bond donors (Lipinski definition) is 2. The Kier molecular flexibility index (Phi) is 2.66. The lowest BCUT2D eigenvalue weighted by atomic mass is 9.90. The number of piperidine rings is 1. The molecule has 0 bridgehead atoms. The van der Waals surface area contributed by atoms with Gasteiger partial charge in [-0.05, 0) is 32.2 Å². The summed E-state index contributed by atoms with van der Waals surface area (Å²) in [6, 6.07) is 0.622. The maximum atomic E-state index is 9.70. The molecule has 2 fully saturated rings. The first-order valence-corrected chi connectivity index (χ1v) is 5.29. The highest BCUT2D eigenvalue weighted by Crippen LogP contribution is 2.31. The molecule has 0 unspecified atom stereocenters. The normalized spacial score (nSPS) is 43.2. The highest BCUT2D eigenvalue weighted by Gasteiger charge is 2.32. The van der Waals surface area contributed by atoms with E-state index in [0.717, 1.165) is 13.0 Å². The van der Waals surface area contributed by atoms with Gasteiger partial charge in [-0.2, -0.15) is 0 Å². The zero-order valence-corrected chi connectivity index (χ0v) is 7.63. The lowest BCUT2D eigenvalue weighted by Crippen LogP contribution is -2.42. The smallest absolute Gasteiger partial charge is 0.0583 e. The Labute approximate surface area is 74.4 Å². The van der Waals surface area contributed by atoms with Crippen LogP contribution in [0.5, 0.6) is 0 Å². The molecule has 2 nitrogen and oxygen atoms in total. The van der Waals surface area contributed by atoms with Crippen molar-refractivity contribution in [2.75, 3.05) is 6.54 Å². The van der Waals surface area contributed by atoms with Gasteiger partial charge in [0.05, 0.1) is 6.10 Å². The highest BCUT2D eigenvalue weighted by atomic mass is 16.3. The van der Waals surface area contributed by atoms with Crippen molar-refractivity contribution >= 4 is 0 Å². The van der Waals surface area contributed by atoms with Crippen LogP contribution in [0.1, 0.15) is 38.5 Å². The Bertz CT molecular complexity index is 143. The van der Waals surface area contributed by atoms with Gasteiger partial charge in [-0.15, -0.1) is 0 Å². The molecule has 1 aliphatic carbocycles. The van der Waals surface area contributed by atoms with Crippen molar-refractivity contribution in [1.29, 1.82) is 0 Å². The molecule has 1 heterocycles. The summed E-state index contributed by atoms with van der Waals surface area (Å²) in [4.78, 5) is 0. The second-order valence-electron chi connectivity index (χ2n) is 4.22. The largest absolute Gasteiger partial charge is 0.393 e. The van der Waals surface area contributed by atoms with Crippen LogP contribution in [0.2, 0.25) is 0 Å². The molecular weight excluding hydrogens is 150 g/mol. The topological polar surface area (TPSA) is 32.3 Å². The molecule has 1 saturated carbocycles. The molecule has 0 radical (unpaired) electrons. The molecule has 1 saturated heterocycles. The zero-order chi connectivity index (χ0) is 8.39. The number of nitrogens with one attached hydrogen (secondary N) is 1. The number of aliphatic hydroxyl groups excluding tert-OH is 1. The Morgan fingerprint density at radius 3 is 2.50 bits per heavy atom. The summed E-state index contributed by atoms with van der Waals surface area (Å²) < 4.78 is 0. The molecule has 1 aliphatic heterocycles. The van der Waals surface area contributed by atoms with Crippen LogP contribution in [0.3, 0.4) is 0 Å². The summed E-state index contributed by atoms with van der Waals surface area (Å²) in [5.41, 5.74) is 0. The molecular formula is C10H19NO. The molecule has 70 valence electrons. The predicted molar refractivity (Wildman–Crippen MR) is 49.0 cm³/mol. The van der Waals surface area contributed by atoms with E-state index in [0.29, 0.717) is 12.0 Å². The molecule has 0 spiro atoms. The zero-order valence-electron chi connectivity index (χ0n) is 7.63. The van der Waals surface area contributed by atoms with Crippen molar-refractivity contribution < 1.29 is 5.11 Å². The molecule has 2 aliphatic rings. The fraction of sp³-hybridized carbons (Fsp3) is 1.00. The van der Waals surface area contributed by atoms with Crippen LogP contribution < -0.4 is 5.32 Å². The van der Waals surface area contributed by atoms with Crippen molar-refractivity contribution in [3.8, 4) is 0 Å². The molecule has 3 atom stereocenters. The van der Waals surface area contributed by atoms with Crippen molar-refractivity contribution in [2.45, 2.75) is 50.7 Å². The average molecular weight is 169 g/mol. The lowest BCUT2D eigenvalue weighted by molar-refractivity contribution is 0.101. The summed E-state index contributed by atoms with van der Waals surface area (Å²) in [5.74, 6) is 0.560. The van der Waals surface area contributed by atoms with Gasteiger partial charge in [0.15, 0.2) is 0 Å². The van der Waals surface area contributed by atoms with Crippen molar-refractivity contribution in [1.82, 2.24) is 5.32 Å². The SMILES string of the molecule is O[C@@H]1CCC[C@H]1[C@@H]1CCCCN1. The Morgan fingerprint density at radius 1 is 1.00 bits per heavy atom. The van der Waals surface area contributed by atoms with E-state index in [-0.39, 0.29) is 6.10 Å². The quantitative estimate of drug-likeness (QED) is 0.620. The first-order chi connectivity index (χ1) is 5.88. The van der Waals surface area contributed by atoms with Crippen molar-refractivity contribution in [3.63, 3.8) is 0 Å². The minimum atomic E-state index is -0.0133. The second kappa shape index (κ2) is 3.75. The summed E-state index contributed by atoms with van der Waals surface area (Å²) in [5, 5.41) is 13.2. The van der Waals surface area contributed by atoms with Gasteiger partial charge < -0.3 is 10.4 Å². The van der Waals surface area contributed by atoms with Gasteiger partial charge in [0, 0.05) is 12.0 Å². The molecule has 0 aromatic carbocycles. The third-order valence-corrected chi connectivity index (χ3v) is 3.40. The lowest BCUT2D eigenvalue weighted by Gasteiger charge is -2.30. The molecule has 0 aromatic heterocycles. The first-order valence-electron chi connectivity index (χ1n) is 5.29. The van der Waals surface area contributed by atoms with Crippen LogP contribution in [-0.2, 0) is 0 Å². The van der Waals surface area contributed by atoms with Crippen LogP contribution in [0.25, 0.3) is 0 Å². The fourth-order valence-corrected chi connectivity index (χ4v) is 2.68. The average Bonchev–Trinajstić information content (AvgIpc) is 2.53. The minimum absolute atomic E-state index is 0.0133. The van der Waals surface area contributed by atoms with Crippen LogP contribution in [0.15, 0.2) is 0 Å². The molecule has 2 heteroatoms. The Balaban J connectivity index is 1.89. The van der Waals surface area contributed by atoms with Gasteiger partial charge >= 0.3 is 0 Å². The minimum Gasteiger partial charge on any atom is -0.393 e. The molecule has 0 aromatic rings. The molecule has 0 amide bonds. The van der Waals surface area contributed by atoms with E-state index in [1.54, 1.807) is 0 Å². The predicted octanol–water partition coefficient (Wildman–Crippen LogP) is 1.29. The maximum absolute atomic E-state index is 9.70. The van der Waals surface area contributed by atoms with Crippen molar-refractivity contribution in [3.05, 3.63) is 0 Å². The van der Waals surface area contributed by atoms with E-state index < -0.39 is 0 Å². The van der Waals surface area contributed by atoms with Crippen LogP contribution in [0, 0.1) is 5.92 Å². The highest BCUT2D eigenvalue weighted by molar-refractivity contribution is 4.88. The molecule has 2 N–H and O–H groups in total. The van der Waals surface area contributed by atoms with E-state index >= 15 is 0 Å². The summed E-state index contributed by atoms with van der Waals surface area (Å²) in [7, 11) is 0. The van der Waals surface area contributed by atoms with Gasteiger partial charge in [-0.1, -0.05) is 12.8 Å². The Morgan fingerprint density at radius 2 is 1.92 bits per heavy atom. The van der Waals surface area contributed by atoms with Gasteiger partial charge in [-0.25, -0.2) is 0 Å². The maximum Gasteiger partial charge on any atom is 0.0583 e.